The van der Waals surface area contributed by atoms with Gasteiger partial charge in [0.25, 0.3) is 5.69 Å². The number of nitro groups is 1. The van der Waals surface area contributed by atoms with Gasteiger partial charge in [0, 0.05) is 37.6 Å². The number of benzene rings is 2. The molecule has 8 nitrogen and oxygen atoms in total. The molecule has 0 saturated carbocycles. The van der Waals surface area contributed by atoms with Gasteiger partial charge in [-0.1, -0.05) is 18.2 Å². The average molecular weight is 407 g/mol. The highest BCUT2D eigenvalue weighted by atomic mass is 31.2. The van der Waals surface area contributed by atoms with Gasteiger partial charge in [-0.25, -0.2) is 0 Å². The third-order valence-electron chi connectivity index (χ3n) is 4.02. The van der Waals surface area contributed by atoms with Gasteiger partial charge in [0.1, 0.15) is 0 Å². The molecule has 28 heavy (non-hydrogen) atoms. The second-order valence-electron chi connectivity index (χ2n) is 6.22. The van der Waals surface area contributed by atoms with Crippen LogP contribution in [0.15, 0.2) is 48.5 Å². The van der Waals surface area contributed by atoms with Gasteiger partial charge in [0.2, 0.25) is 0 Å². The second-order valence-corrected chi connectivity index (χ2v) is 8.33. The van der Waals surface area contributed by atoms with Crippen molar-refractivity contribution in [3.05, 3.63) is 64.2 Å². The van der Waals surface area contributed by atoms with E-state index in [2.05, 4.69) is 5.32 Å². The van der Waals surface area contributed by atoms with E-state index >= 15 is 0 Å². The maximum absolute atomic E-state index is 13.5. The van der Waals surface area contributed by atoms with Crippen LogP contribution in [0, 0.1) is 10.1 Å². The Morgan fingerprint density at radius 2 is 1.71 bits per heavy atom. The van der Waals surface area contributed by atoms with Crippen molar-refractivity contribution in [3.63, 3.8) is 0 Å². The van der Waals surface area contributed by atoms with E-state index in [4.69, 9.17) is 9.05 Å². The number of non-ortho nitro benzene ring substituents is 1. The molecule has 0 saturated heterocycles. The molecule has 2 rings (SSSR count). The molecule has 0 aliphatic rings. The summed E-state index contributed by atoms with van der Waals surface area (Å²) >= 11 is 0. The van der Waals surface area contributed by atoms with E-state index in [0.29, 0.717) is 11.3 Å². The highest BCUT2D eigenvalue weighted by Gasteiger charge is 2.37. The van der Waals surface area contributed by atoms with E-state index < -0.39 is 18.3 Å². The molecular weight excluding hydrogens is 381 g/mol. The van der Waals surface area contributed by atoms with Gasteiger partial charge in [0.05, 0.1) is 18.1 Å². The Kier molecular flexibility index (Phi) is 7.57. The average Bonchev–Trinajstić information content (AvgIpc) is 2.66. The summed E-state index contributed by atoms with van der Waals surface area (Å²) < 4.78 is 24.6. The number of anilines is 2. The monoisotopic (exact) mass is 407 g/mol. The van der Waals surface area contributed by atoms with Crippen LogP contribution in [0.5, 0.6) is 0 Å². The smallest absolute Gasteiger partial charge is 0.357 e. The molecule has 0 aliphatic carbocycles. The number of nitrogens with zero attached hydrogens (tertiary/aromatic N) is 2. The SMILES string of the molecule is CCOP(=O)(OCC)[C@@H](Nc1cccc([N+](=O)[O-])c1)c1ccc(N(C)C)cc1. The molecule has 0 amide bonds. The Balaban J connectivity index is 2.47. The minimum Gasteiger partial charge on any atom is -0.378 e. The lowest BCUT2D eigenvalue weighted by molar-refractivity contribution is -0.384. The molecule has 9 heteroatoms. The van der Waals surface area contributed by atoms with Crippen molar-refractivity contribution in [2.24, 2.45) is 0 Å². The summed E-state index contributed by atoms with van der Waals surface area (Å²) in [5, 5.41) is 14.2. The first-order chi connectivity index (χ1) is 13.3. The molecule has 0 radical (unpaired) electrons. The van der Waals surface area contributed by atoms with Gasteiger partial charge in [-0.15, -0.1) is 0 Å². The fraction of sp³-hybridized carbons (Fsp3) is 0.368. The minimum atomic E-state index is -3.59. The zero-order valence-electron chi connectivity index (χ0n) is 16.5. The van der Waals surface area contributed by atoms with Crippen LogP contribution in [0.2, 0.25) is 0 Å². The Hall–Kier alpha value is -2.41. The maximum Gasteiger partial charge on any atom is 0.357 e. The molecule has 0 spiro atoms. The van der Waals surface area contributed by atoms with Crippen LogP contribution < -0.4 is 10.2 Å². The van der Waals surface area contributed by atoms with Crippen LogP contribution in [-0.4, -0.2) is 32.2 Å². The topological polar surface area (TPSA) is 93.9 Å². The fourth-order valence-electron chi connectivity index (χ4n) is 2.71. The second kappa shape index (κ2) is 9.68. The van der Waals surface area contributed by atoms with Crippen LogP contribution in [0.1, 0.15) is 25.2 Å². The van der Waals surface area contributed by atoms with Crippen molar-refractivity contribution < 1.29 is 18.5 Å². The zero-order valence-corrected chi connectivity index (χ0v) is 17.4. The molecule has 0 unspecified atom stereocenters. The van der Waals surface area contributed by atoms with Crippen LogP contribution in [0.25, 0.3) is 0 Å². The lowest BCUT2D eigenvalue weighted by Gasteiger charge is -2.28. The Bertz CT molecular complexity index is 832. The third kappa shape index (κ3) is 5.32. The zero-order chi connectivity index (χ0) is 20.7. The van der Waals surface area contributed by atoms with E-state index in [1.807, 2.05) is 43.3 Å². The van der Waals surface area contributed by atoms with Gasteiger partial charge in [-0.05, 0) is 37.6 Å². The maximum atomic E-state index is 13.5. The van der Waals surface area contributed by atoms with Crippen molar-refractivity contribution in [1.82, 2.24) is 0 Å². The predicted molar refractivity (Wildman–Crippen MR) is 111 cm³/mol. The number of nitro benzene ring substituents is 1. The molecule has 2 aromatic carbocycles. The summed E-state index contributed by atoms with van der Waals surface area (Å²) in [7, 11) is 0.270. The van der Waals surface area contributed by atoms with E-state index in [1.165, 1.54) is 12.1 Å². The first-order valence-corrected chi connectivity index (χ1v) is 10.6. The summed E-state index contributed by atoms with van der Waals surface area (Å²) in [5.74, 6) is -0.814. The first-order valence-electron chi connectivity index (χ1n) is 8.97. The van der Waals surface area contributed by atoms with Crippen LogP contribution in [-0.2, 0) is 13.6 Å². The Labute approximate surface area is 165 Å². The molecule has 0 aliphatic heterocycles. The van der Waals surface area contributed by atoms with Crippen LogP contribution >= 0.6 is 7.60 Å². The normalized spacial score (nSPS) is 12.4. The van der Waals surface area contributed by atoms with Gasteiger partial charge >= 0.3 is 7.60 Å². The van der Waals surface area contributed by atoms with E-state index in [1.54, 1.807) is 26.0 Å². The molecule has 152 valence electrons. The highest BCUT2D eigenvalue weighted by Crippen LogP contribution is 2.60. The molecule has 0 aromatic heterocycles. The van der Waals surface area contributed by atoms with Gasteiger partial charge in [0.15, 0.2) is 5.78 Å². The van der Waals surface area contributed by atoms with Gasteiger partial charge in [-0.3, -0.25) is 14.7 Å². The summed E-state index contributed by atoms with van der Waals surface area (Å²) in [6.07, 6.45) is 0. The number of hydrogen-bond acceptors (Lipinski definition) is 7. The highest BCUT2D eigenvalue weighted by molar-refractivity contribution is 7.54. The van der Waals surface area contributed by atoms with Crippen molar-refractivity contribution in [2.75, 3.05) is 37.5 Å². The number of hydrogen-bond donors (Lipinski definition) is 1. The molecule has 1 N–H and O–H groups in total. The molecule has 1 atom stereocenters. The molecule has 0 fully saturated rings. The van der Waals surface area contributed by atoms with Crippen molar-refractivity contribution >= 4 is 24.7 Å². The molecule has 0 heterocycles. The molecular formula is C19H26N3O5P. The van der Waals surface area contributed by atoms with Crippen molar-refractivity contribution in [2.45, 2.75) is 19.6 Å². The number of rotatable bonds is 10. The summed E-state index contributed by atoms with van der Waals surface area (Å²) in [6.45, 7) is 3.90. The van der Waals surface area contributed by atoms with Gasteiger partial charge in [-0.2, -0.15) is 0 Å². The third-order valence-corrected chi connectivity index (χ3v) is 6.32. The van der Waals surface area contributed by atoms with Crippen molar-refractivity contribution in [3.8, 4) is 0 Å². The first kappa shape index (κ1) is 21.9. The standard InChI is InChI=1S/C19H26N3O5P/c1-5-26-28(25,27-6-2)19(15-10-12-17(13-11-15)21(3)4)20-16-8-7-9-18(14-16)22(23)24/h7-14,19-20H,5-6H2,1-4H3/t19-/m1/s1. The lowest BCUT2D eigenvalue weighted by Crippen LogP contribution is -2.16. The van der Waals surface area contributed by atoms with E-state index in [0.717, 1.165) is 5.69 Å². The van der Waals surface area contributed by atoms with Crippen LogP contribution in [0.3, 0.4) is 0 Å². The quantitative estimate of drug-likeness (QED) is 0.335. The number of nitrogens with one attached hydrogen (secondary N) is 1. The minimum absolute atomic E-state index is 0.0608. The van der Waals surface area contributed by atoms with Crippen molar-refractivity contribution in [1.29, 1.82) is 0 Å². The van der Waals surface area contributed by atoms with E-state index in [-0.39, 0.29) is 18.9 Å². The Morgan fingerprint density at radius 3 is 2.21 bits per heavy atom. The fourth-order valence-corrected chi connectivity index (χ4v) is 4.65. The molecule has 0 bridgehead atoms. The summed E-state index contributed by atoms with van der Waals surface area (Å²) in [6, 6.07) is 13.5. The summed E-state index contributed by atoms with van der Waals surface area (Å²) in [5.41, 5.74) is 2.08. The summed E-state index contributed by atoms with van der Waals surface area (Å²) in [4.78, 5) is 12.6. The van der Waals surface area contributed by atoms with Gasteiger partial charge < -0.3 is 19.3 Å². The van der Waals surface area contributed by atoms with E-state index in [9.17, 15) is 14.7 Å². The predicted octanol–water partition coefficient (Wildman–Crippen LogP) is 5.04. The van der Waals surface area contributed by atoms with Crippen LogP contribution in [0.4, 0.5) is 17.1 Å². The molecule has 2 aromatic rings. The Morgan fingerprint density at radius 1 is 1.11 bits per heavy atom. The largest absolute Gasteiger partial charge is 0.378 e. The lowest BCUT2D eigenvalue weighted by atomic mass is 10.2.